The second-order valence-corrected chi connectivity index (χ2v) is 9.22. The number of rotatable bonds is 11. The minimum Gasteiger partial charge on any atom is -0.488 e. The summed E-state index contributed by atoms with van der Waals surface area (Å²) in [6, 6.07) is 19.4. The van der Waals surface area contributed by atoms with Crippen LogP contribution in [0, 0.1) is 0 Å². The number of nitrogens with zero attached hydrogens (tertiary/aromatic N) is 4. The van der Waals surface area contributed by atoms with E-state index in [0.717, 1.165) is 34.1 Å². The van der Waals surface area contributed by atoms with E-state index in [0.29, 0.717) is 22.0 Å². The summed E-state index contributed by atoms with van der Waals surface area (Å²) in [6.45, 7) is 0.279. The molecule has 3 aromatic carbocycles. The number of anilines is 2. The number of ether oxygens (including phenoxy) is 2. The molecule has 208 valence electrons. The number of benzene rings is 3. The summed E-state index contributed by atoms with van der Waals surface area (Å²) in [6.07, 6.45) is -3.27. The van der Waals surface area contributed by atoms with E-state index in [9.17, 15) is 18.0 Å². The third-order valence-electron chi connectivity index (χ3n) is 5.00. The zero-order valence-corrected chi connectivity index (χ0v) is 22.0. The van der Waals surface area contributed by atoms with Crippen LogP contribution in [-0.4, -0.2) is 39.1 Å². The quantitative estimate of drug-likeness (QED) is 0.0928. The zero-order valence-electron chi connectivity index (χ0n) is 20.4. The number of hydrazone groups is 1. The van der Waals surface area contributed by atoms with Gasteiger partial charge < -0.3 is 20.6 Å². The van der Waals surface area contributed by atoms with Crippen molar-refractivity contribution in [3.05, 3.63) is 88.9 Å². The van der Waals surface area contributed by atoms with Crippen molar-refractivity contribution in [3.63, 3.8) is 0 Å². The Morgan fingerprint density at radius 1 is 1.07 bits per heavy atom. The van der Waals surface area contributed by atoms with Gasteiger partial charge in [0.1, 0.15) is 18.1 Å². The molecule has 1 aromatic heterocycles. The Kier molecular flexibility index (Phi) is 9.35. The van der Waals surface area contributed by atoms with Gasteiger partial charge in [-0.05, 0) is 42.5 Å². The van der Waals surface area contributed by atoms with Crippen LogP contribution >= 0.6 is 23.4 Å². The zero-order chi connectivity index (χ0) is 28.5. The van der Waals surface area contributed by atoms with Crippen LogP contribution in [0.25, 0.3) is 0 Å². The standard InChI is InChI=1S/C25H21ClF3N7O3S/c26-20-7-3-1-6-17(20)14-38-21-8-4-2-5-16(21)13-31-33-23-34-35-24(36(23)30)40-15-22(37)32-18-9-11-19(12-10-18)39-25(27,28)29/h1-13H,14-15,30H2,(H,32,37)(H,33,34)/b31-13+. The monoisotopic (exact) mass is 591 g/mol. The molecule has 4 N–H and O–H groups in total. The molecule has 10 nitrogen and oxygen atoms in total. The van der Waals surface area contributed by atoms with Crippen molar-refractivity contribution in [2.75, 3.05) is 22.3 Å². The number of carbonyl (C=O) groups is 1. The van der Waals surface area contributed by atoms with Crippen molar-refractivity contribution in [1.29, 1.82) is 0 Å². The first kappa shape index (κ1) is 28.6. The van der Waals surface area contributed by atoms with Gasteiger partial charge in [0.2, 0.25) is 11.1 Å². The van der Waals surface area contributed by atoms with E-state index >= 15 is 0 Å². The van der Waals surface area contributed by atoms with Crippen molar-refractivity contribution in [3.8, 4) is 11.5 Å². The highest BCUT2D eigenvalue weighted by molar-refractivity contribution is 7.99. The number of hydrogen-bond acceptors (Lipinski definition) is 9. The summed E-state index contributed by atoms with van der Waals surface area (Å²) in [4.78, 5) is 12.2. The Labute approximate surface area is 235 Å². The van der Waals surface area contributed by atoms with E-state index in [1.807, 2.05) is 36.4 Å². The predicted octanol–water partition coefficient (Wildman–Crippen LogP) is 5.30. The van der Waals surface area contributed by atoms with Gasteiger partial charge in [-0.25, -0.2) is 10.1 Å². The summed E-state index contributed by atoms with van der Waals surface area (Å²) in [7, 11) is 0. The van der Waals surface area contributed by atoms with Crippen molar-refractivity contribution in [2.24, 2.45) is 5.10 Å². The summed E-state index contributed by atoms with van der Waals surface area (Å²) in [5.41, 5.74) is 4.52. The number of hydrogen-bond donors (Lipinski definition) is 3. The average Bonchev–Trinajstić information content (AvgIpc) is 3.27. The second-order valence-electron chi connectivity index (χ2n) is 7.87. The number of nitrogens with one attached hydrogen (secondary N) is 2. The molecule has 0 unspecified atom stereocenters. The van der Waals surface area contributed by atoms with E-state index in [2.05, 4.69) is 30.8 Å². The second kappa shape index (κ2) is 13.1. The van der Waals surface area contributed by atoms with Crippen molar-refractivity contribution in [2.45, 2.75) is 18.1 Å². The number of para-hydroxylation sites is 1. The normalized spacial score (nSPS) is 11.4. The number of halogens is 4. The first-order valence-electron chi connectivity index (χ1n) is 11.4. The van der Waals surface area contributed by atoms with Gasteiger partial charge >= 0.3 is 6.36 Å². The maximum absolute atomic E-state index is 12.3. The van der Waals surface area contributed by atoms with Gasteiger partial charge in [-0.3, -0.25) is 4.79 Å². The number of amides is 1. The number of nitrogens with two attached hydrogens (primary N) is 1. The van der Waals surface area contributed by atoms with Crippen LogP contribution in [0.15, 0.2) is 83.1 Å². The van der Waals surface area contributed by atoms with Gasteiger partial charge in [0.05, 0.1) is 12.0 Å². The van der Waals surface area contributed by atoms with Crippen LogP contribution < -0.4 is 26.1 Å². The Hall–Kier alpha value is -4.43. The van der Waals surface area contributed by atoms with E-state index in [-0.39, 0.29) is 23.5 Å². The lowest BCUT2D eigenvalue weighted by Gasteiger charge is -2.10. The van der Waals surface area contributed by atoms with Gasteiger partial charge in [0.25, 0.3) is 5.95 Å². The van der Waals surface area contributed by atoms with Crippen LogP contribution in [0.1, 0.15) is 11.1 Å². The molecule has 1 heterocycles. The molecule has 40 heavy (non-hydrogen) atoms. The van der Waals surface area contributed by atoms with Gasteiger partial charge in [-0.15, -0.1) is 23.4 Å². The van der Waals surface area contributed by atoms with Crippen LogP contribution in [-0.2, 0) is 11.4 Å². The highest BCUT2D eigenvalue weighted by atomic mass is 35.5. The first-order chi connectivity index (χ1) is 19.2. The molecule has 0 aliphatic heterocycles. The largest absolute Gasteiger partial charge is 0.573 e. The lowest BCUT2D eigenvalue weighted by molar-refractivity contribution is -0.274. The van der Waals surface area contributed by atoms with Gasteiger partial charge in [0, 0.05) is 21.8 Å². The lowest BCUT2D eigenvalue weighted by Crippen LogP contribution is -2.18. The summed E-state index contributed by atoms with van der Waals surface area (Å²) < 4.78 is 47.6. The summed E-state index contributed by atoms with van der Waals surface area (Å²) in [5.74, 6) is 5.80. The molecule has 0 saturated heterocycles. The third kappa shape index (κ3) is 8.28. The molecule has 15 heteroatoms. The average molecular weight is 592 g/mol. The molecule has 0 aliphatic rings. The van der Waals surface area contributed by atoms with Crippen molar-refractivity contribution < 1.29 is 27.4 Å². The number of aromatic nitrogens is 3. The minimum absolute atomic E-state index is 0.0877. The Morgan fingerprint density at radius 2 is 1.80 bits per heavy atom. The van der Waals surface area contributed by atoms with Gasteiger partial charge in [-0.2, -0.15) is 5.10 Å². The van der Waals surface area contributed by atoms with Crippen LogP contribution in [0.5, 0.6) is 11.5 Å². The molecule has 0 spiro atoms. The van der Waals surface area contributed by atoms with Crippen LogP contribution in [0.4, 0.5) is 24.8 Å². The Bertz CT molecular complexity index is 1480. The summed E-state index contributed by atoms with van der Waals surface area (Å²) >= 11 is 7.19. The predicted molar refractivity (Wildman–Crippen MR) is 146 cm³/mol. The molecule has 0 radical (unpaired) electrons. The molecule has 0 saturated carbocycles. The maximum Gasteiger partial charge on any atom is 0.573 e. The van der Waals surface area contributed by atoms with Crippen LogP contribution in [0.2, 0.25) is 5.02 Å². The number of alkyl halides is 3. The molecular weight excluding hydrogens is 571 g/mol. The smallest absolute Gasteiger partial charge is 0.488 e. The van der Waals surface area contributed by atoms with Crippen molar-refractivity contribution >= 4 is 47.1 Å². The maximum atomic E-state index is 12.3. The van der Waals surface area contributed by atoms with E-state index < -0.39 is 18.0 Å². The van der Waals surface area contributed by atoms with E-state index in [1.54, 1.807) is 12.1 Å². The van der Waals surface area contributed by atoms with E-state index in [4.69, 9.17) is 22.2 Å². The molecule has 0 atom stereocenters. The first-order valence-corrected chi connectivity index (χ1v) is 12.8. The third-order valence-corrected chi connectivity index (χ3v) is 6.31. The number of thioether (sulfide) groups is 1. The molecule has 4 rings (SSSR count). The Morgan fingerprint density at radius 3 is 2.55 bits per heavy atom. The highest BCUT2D eigenvalue weighted by Crippen LogP contribution is 2.25. The molecule has 1 amide bonds. The highest BCUT2D eigenvalue weighted by Gasteiger charge is 2.31. The fraction of sp³-hybridized carbons (Fsp3) is 0.120. The fourth-order valence-corrected chi connectivity index (χ4v) is 4.01. The number of carbonyl (C=O) groups excluding carboxylic acids is 1. The molecular formula is C25H21ClF3N7O3S. The molecule has 0 aliphatic carbocycles. The molecule has 4 aromatic rings. The van der Waals surface area contributed by atoms with Gasteiger partial charge in [-0.1, -0.05) is 53.7 Å². The molecule has 0 fully saturated rings. The lowest BCUT2D eigenvalue weighted by atomic mass is 10.2. The molecule has 0 bridgehead atoms. The topological polar surface area (TPSA) is 129 Å². The van der Waals surface area contributed by atoms with E-state index in [1.165, 1.54) is 18.3 Å². The van der Waals surface area contributed by atoms with Crippen LogP contribution in [0.3, 0.4) is 0 Å². The Balaban J connectivity index is 1.28. The SMILES string of the molecule is Nn1c(N/N=C/c2ccccc2OCc2ccccc2Cl)nnc1SCC(=O)Nc1ccc(OC(F)(F)F)cc1. The summed E-state index contributed by atoms with van der Waals surface area (Å²) in [5, 5.41) is 15.4. The van der Waals surface area contributed by atoms with Gasteiger partial charge in [0.15, 0.2) is 0 Å². The minimum atomic E-state index is -4.80. The fourth-order valence-electron chi connectivity index (χ4n) is 3.17. The number of nitrogen functional groups attached to an aromatic ring is 1. The van der Waals surface area contributed by atoms with Crippen molar-refractivity contribution in [1.82, 2.24) is 14.9 Å².